The van der Waals surface area contributed by atoms with Crippen molar-refractivity contribution >= 4 is 17.9 Å². The van der Waals surface area contributed by atoms with E-state index in [1.54, 1.807) is 0 Å². The summed E-state index contributed by atoms with van der Waals surface area (Å²) in [7, 11) is 0. The molecule has 0 aliphatic rings. The van der Waals surface area contributed by atoms with Gasteiger partial charge >= 0.3 is 17.9 Å². The molecule has 6 heteroatoms. The average Bonchev–Trinajstić information content (AvgIpc) is 3.29. The van der Waals surface area contributed by atoms with E-state index in [2.05, 4.69) is 81.5 Å². The van der Waals surface area contributed by atoms with Crippen molar-refractivity contribution in [3.05, 3.63) is 109 Å². The Morgan fingerprint density at radius 1 is 0.344 bits per heavy atom. The summed E-state index contributed by atoms with van der Waals surface area (Å²) in [5.41, 5.74) is 0. The van der Waals surface area contributed by atoms with E-state index in [9.17, 15) is 14.4 Å². The monoisotopic (exact) mass is 887 g/mol. The molecule has 0 N–H and O–H groups in total. The van der Waals surface area contributed by atoms with Crippen LogP contribution in [0.2, 0.25) is 0 Å². The molecular formula is C58H94O6. The lowest BCUT2D eigenvalue weighted by Crippen LogP contribution is -2.30. The second kappa shape index (κ2) is 51.7. The van der Waals surface area contributed by atoms with Gasteiger partial charge in [-0.25, -0.2) is 0 Å². The first-order chi connectivity index (χ1) is 31.5. The molecular weight excluding hydrogens is 793 g/mol. The molecule has 0 bridgehead atoms. The first kappa shape index (κ1) is 60.1. The van der Waals surface area contributed by atoms with Gasteiger partial charge in [-0.3, -0.25) is 14.4 Å². The third-order valence-corrected chi connectivity index (χ3v) is 10.6. The second-order valence-corrected chi connectivity index (χ2v) is 16.8. The van der Waals surface area contributed by atoms with Crippen molar-refractivity contribution in [1.29, 1.82) is 0 Å². The summed E-state index contributed by atoms with van der Waals surface area (Å²) >= 11 is 0. The van der Waals surface area contributed by atoms with E-state index in [-0.39, 0.29) is 31.6 Å². The summed E-state index contributed by atoms with van der Waals surface area (Å²) in [5.74, 6) is -1.05. The first-order valence-corrected chi connectivity index (χ1v) is 25.9. The lowest BCUT2D eigenvalue weighted by atomic mass is 10.0. The van der Waals surface area contributed by atoms with E-state index < -0.39 is 12.1 Å². The Bertz CT molecular complexity index is 1340. The number of allylic oxidation sites excluding steroid dienone is 18. The molecule has 6 nitrogen and oxygen atoms in total. The van der Waals surface area contributed by atoms with Gasteiger partial charge < -0.3 is 14.2 Å². The van der Waals surface area contributed by atoms with Crippen molar-refractivity contribution in [3.63, 3.8) is 0 Å². The zero-order chi connectivity index (χ0) is 46.5. The Labute approximate surface area is 393 Å². The minimum atomic E-state index is -0.833. The Morgan fingerprint density at radius 2 is 0.719 bits per heavy atom. The Kier molecular flexibility index (Phi) is 48.5. The molecule has 0 aliphatic carbocycles. The highest BCUT2D eigenvalue weighted by Gasteiger charge is 2.19. The number of ether oxygens (including phenoxy) is 3. The minimum Gasteiger partial charge on any atom is -0.462 e. The van der Waals surface area contributed by atoms with Crippen LogP contribution in [0.1, 0.15) is 220 Å². The van der Waals surface area contributed by atoms with Gasteiger partial charge in [0.15, 0.2) is 6.10 Å². The Hall–Kier alpha value is -3.93. The molecule has 0 amide bonds. The standard InChI is InChI=1S/C58H94O6/c1-4-7-10-13-16-19-22-25-27-29-31-33-36-39-42-45-48-51-57(60)63-54-55(53-62-56(59)50-47-44-41-38-35-32-24-21-18-15-12-9-6-3)64-58(61)52-49-46-43-40-37-34-30-28-26-23-20-17-14-11-8-5-2/h8-9,11-12,15,17-18,20-21,24,26,28,32,34-35,37,43,46,55H,4-7,10,13-14,16,19,22-23,25,27,29-31,33,36,38-42,44-45,47-54H2,1-3H3/b11-8-,12-9-,18-15-,20-17-,24-21-,28-26-,35-32-,37-34-,46-43-. The second-order valence-electron chi connectivity index (χ2n) is 16.8. The van der Waals surface area contributed by atoms with E-state index in [0.29, 0.717) is 19.3 Å². The van der Waals surface area contributed by atoms with E-state index in [1.165, 1.54) is 89.9 Å². The van der Waals surface area contributed by atoms with Crippen LogP contribution >= 0.6 is 0 Å². The predicted molar refractivity (Wildman–Crippen MR) is 274 cm³/mol. The van der Waals surface area contributed by atoms with Crippen LogP contribution in [0, 0.1) is 0 Å². The normalized spacial score (nSPS) is 13.0. The summed E-state index contributed by atoms with van der Waals surface area (Å²) in [4.78, 5) is 37.9. The minimum absolute atomic E-state index is 0.121. The van der Waals surface area contributed by atoms with Crippen LogP contribution in [0.4, 0.5) is 0 Å². The number of rotatable bonds is 45. The fraction of sp³-hybridized carbons (Fsp3) is 0.638. The topological polar surface area (TPSA) is 78.9 Å². The number of esters is 3. The van der Waals surface area contributed by atoms with Crippen LogP contribution in [0.3, 0.4) is 0 Å². The molecule has 0 aliphatic heterocycles. The van der Waals surface area contributed by atoms with Gasteiger partial charge in [-0.2, -0.15) is 0 Å². The highest BCUT2D eigenvalue weighted by Crippen LogP contribution is 2.15. The van der Waals surface area contributed by atoms with Gasteiger partial charge in [-0.05, 0) is 70.6 Å². The van der Waals surface area contributed by atoms with Crippen LogP contribution in [0.25, 0.3) is 0 Å². The molecule has 0 fully saturated rings. The molecule has 0 saturated heterocycles. The summed E-state index contributed by atoms with van der Waals surface area (Å²) in [6.07, 6.45) is 69.5. The van der Waals surface area contributed by atoms with Crippen LogP contribution in [-0.2, 0) is 28.6 Å². The highest BCUT2D eigenvalue weighted by atomic mass is 16.6. The zero-order valence-corrected chi connectivity index (χ0v) is 41.3. The van der Waals surface area contributed by atoms with Crippen LogP contribution in [0.5, 0.6) is 0 Å². The molecule has 362 valence electrons. The quantitative estimate of drug-likeness (QED) is 0.0199. The fourth-order valence-corrected chi connectivity index (χ4v) is 6.80. The maximum atomic E-state index is 12.8. The molecule has 0 saturated carbocycles. The van der Waals surface area contributed by atoms with Crippen molar-refractivity contribution in [2.24, 2.45) is 0 Å². The van der Waals surface area contributed by atoms with E-state index in [1.807, 2.05) is 48.6 Å². The number of carbonyl (C=O) groups is 3. The summed E-state index contributed by atoms with van der Waals surface area (Å²) in [5, 5.41) is 0. The number of carbonyl (C=O) groups excluding carboxylic acids is 3. The first-order valence-electron chi connectivity index (χ1n) is 25.9. The largest absolute Gasteiger partial charge is 0.462 e. The van der Waals surface area contributed by atoms with Gasteiger partial charge in [-0.1, -0.05) is 239 Å². The molecule has 64 heavy (non-hydrogen) atoms. The highest BCUT2D eigenvalue weighted by molar-refractivity contribution is 5.71. The van der Waals surface area contributed by atoms with Crippen molar-refractivity contribution in [2.75, 3.05) is 13.2 Å². The lowest BCUT2D eigenvalue weighted by molar-refractivity contribution is -0.166. The zero-order valence-electron chi connectivity index (χ0n) is 41.3. The molecule has 1 unspecified atom stereocenters. The molecule has 0 aromatic carbocycles. The van der Waals surface area contributed by atoms with Crippen molar-refractivity contribution < 1.29 is 28.6 Å². The number of hydrogen-bond donors (Lipinski definition) is 0. The van der Waals surface area contributed by atoms with Crippen LogP contribution in [0.15, 0.2) is 109 Å². The third-order valence-electron chi connectivity index (χ3n) is 10.6. The maximum absolute atomic E-state index is 12.8. The number of unbranched alkanes of at least 4 members (excludes halogenated alkanes) is 19. The Balaban J connectivity index is 4.53. The van der Waals surface area contributed by atoms with Crippen molar-refractivity contribution in [2.45, 2.75) is 226 Å². The lowest BCUT2D eigenvalue weighted by Gasteiger charge is -2.18. The van der Waals surface area contributed by atoms with Gasteiger partial charge in [0, 0.05) is 19.3 Å². The average molecular weight is 887 g/mol. The number of hydrogen-bond acceptors (Lipinski definition) is 6. The molecule has 0 heterocycles. The van der Waals surface area contributed by atoms with E-state index in [4.69, 9.17) is 14.2 Å². The van der Waals surface area contributed by atoms with Gasteiger partial charge in [0.2, 0.25) is 0 Å². The van der Waals surface area contributed by atoms with Gasteiger partial charge in [0.25, 0.3) is 0 Å². The van der Waals surface area contributed by atoms with Crippen molar-refractivity contribution in [3.8, 4) is 0 Å². The Morgan fingerprint density at radius 3 is 1.17 bits per heavy atom. The van der Waals surface area contributed by atoms with Crippen LogP contribution < -0.4 is 0 Å². The fourth-order valence-electron chi connectivity index (χ4n) is 6.80. The van der Waals surface area contributed by atoms with Gasteiger partial charge in [0.1, 0.15) is 13.2 Å². The predicted octanol–water partition coefficient (Wildman–Crippen LogP) is 17.1. The molecule has 0 rings (SSSR count). The molecule has 0 radical (unpaired) electrons. The molecule has 0 aromatic heterocycles. The maximum Gasteiger partial charge on any atom is 0.306 e. The smallest absolute Gasteiger partial charge is 0.306 e. The third kappa shape index (κ3) is 49.1. The molecule has 0 spiro atoms. The van der Waals surface area contributed by atoms with Crippen molar-refractivity contribution in [1.82, 2.24) is 0 Å². The summed E-state index contributed by atoms with van der Waals surface area (Å²) < 4.78 is 16.7. The summed E-state index contributed by atoms with van der Waals surface area (Å²) in [6.45, 7) is 6.28. The van der Waals surface area contributed by atoms with Gasteiger partial charge in [-0.15, -0.1) is 0 Å². The molecule has 0 aromatic rings. The van der Waals surface area contributed by atoms with E-state index in [0.717, 1.165) is 83.5 Å². The van der Waals surface area contributed by atoms with Gasteiger partial charge in [0.05, 0.1) is 0 Å². The molecule has 1 atom stereocenters. The van der Waals surface area contributed by atoms with Crippen LogP contribution in [-0.4, -0.2) is 37.2 Å². The summed E-state index contributed by atoms with van der Waals surface area (Å²) in [6, 6.07) is 0. The SMILES string of the molecule is CC\C=C/C=C\C=C/C=C\CCCCCC(=O)OCC(COC(=O)CCCCCCCCCCCCCCCCCCC)OC(=O)CC/C=C\C/C=C\C/C=C\C/C=C\C/C=C\CC. The van der Waals surface area contributed by atoms with E-state index >= 15 is 0 Å².